The highest BCUT2D eigenvalue weighted by atomic mass is 32.2. The predicted octanol–water partition coefficient (Wildman–Crippen LogP) is 9.89. The van der Waals surface area contributed by atoms with Crippen LogP contribution in [0.5, 0.6) is 0 Å². The maximum Gasteiger partial charge on any atom is 0.407 e. The lowest BCUT2D eigenvalue weighted by molar-refractivity contribution is -0.154. The average molecular weight is 772 g/mol. The van der Waals surface area contributed by atoms with E-state index in [1.165, 1.54) is 24.6 Å². The van der Waals surface area contributed by atoms with Crippen LogP contribution in [0.4, 0.5) is 4.79 Å². The standard InChI is InChI=1S/C44H57NO7SSi/c1-5-6-7-8-12-26-42(47)53-28-18-17-21-34(31-41(46)50-27-29-54(2,3)4)52-43(48)40(30-33-19-10-9-11-20-33)45-44(49)51-32-39-37-24-15-13-22-35(37)36-23-14-16-25-38(36)39/h9-11,13-17,19-25,34,39-40H,5-8,12,18,26-32H2,1-4H3,(H,45,49)/b21-17+/t34-,40+/m1/s1. The second-order valence-corrected chi connectivity index (χ2v) is 21.8. The number of esters is 2. The smallest absolute Gasteiger partial charge is 0.407 e. The molecule has 4 rings (SSSR count). The van der Waals surface area contributed by atoms with Crippen molar-refractivity contribution >= 4 is 43.0 Å². The summed E-state index contributed by atoms with van der Waals surface area (Å²) in [6, 6.07) is 25.3. The zero-order valence-corrected chi connectivity index (χ0v) is 34.2. The first-order chi connectivity index (χ1) is 26.0. The van der Waals surface area contributed by atoms with Gasteiger partial charge < -0.3 is 19.5 Å². The number of carbonyl (C=O) groups excluding carboxylic acids is 4. The Balaban J connectivity index is 1.40. The van der Waals surface area contributed by atoms with Gasteiger partial charge in [-0.1, -0.05) is 149 Å². The fourth-order valence-electron chi connectivity index (χ4n) is 6.33. The molecule has 0 aromatic heterocycles. The second kappa shape index (κ2) is 22.3. The van der Waals surface area contributed by atoms with Crippen molar-refractivity contribution in [1.82, 2.24) is 5.32 Å². The van der Waals surface area contributed by atoms with Crippen LogP contribution in [0.15, 0.2) is 91.0 Å². The Morgan fingerprint density at radius 2 is 1.48 bits per heavy atom. The van der Waals surface area contributed by atoms with Crippen LogP contribution < -0.4 is 5.32 Å². The number of rotatable bonds is 22. The van der Waals surface area contributed by atoms with Crippen molar-refractivity contribution in [3.8, 4) is 11.1 Å². The van der Waals surface area contributed by atoms with E-state index in [-0.39, 0.29) is 30.5 Å². The lowest BCUT2D eigenvalue weighted by Gasteiger charge is -2.22. The van der Waals surface area contributed by atoms with Crippen LogP contribution in [0.25, 0.3) is 11.1 Å². The van der Waals surface area contributed by atoms with Gasteiger partial charge in [-0.15, -0.1) is 0 Å². The van der Waals surface area contributed by atoms with E-state index in [9.17, 15) is 19.2 Å². The summed E-state index contributed by atoms with van der Waals surface area (Å²) in [4.78, 5) is 52.4. The zero-order chi connectivity index (χ0) is 38.8. The van der Waals surface area contributed by atoms with Gasteiger partial charge in [0.1, 0.15) is 18.8 Å². The summed E-state index contributed by atoms with van der Waals surface area (Å²) in [5.41, 5.74) is 5.23. The Hall–Kier alpha value is -4.15. The molecular formula is C44H57NO7SSi. The molecule has 290 valence electrons. The second-order valence-electron chi connectivity index (χ2n) is 15.0. The molecule has 0 radical (unpaired) electrons. The largest absolute Gasteiger partial charge is 0.466 e. The van der Waals surface area contributed by atoms with Crippen molar-refractivity contribution in [3.63, 3.8) is 0 Å². The van der Waals surface area contributed by atoms with E-state index in [2.05, 4.69) is 44.0 Å². The number of nitrogens with one attached hydrogen (secondary N) is 1. The first-order valence-electron chi connectivity index (χ1n) is 19.4. The van der Waals surface area contributed by atoms with Crippen molar-refractivity contribution in [2.75, 3.05) is 19.0 Å². The fourth-order valence-corrected chi connectivity index (χ4v) is 7.82. The van der Waals surface area contributed by atoms with E-state index in [1.807, 2.05) is 72.8 Å². The number of fused-ring (bicyclic) bond motifs is 3. The highest BCUT2D eigenvalue weighted by molar-refractivity contribution is 8.13. The molecule has 0 saturated heterocycles. The molecule has 3 aromatic carbocycles. The molecule has 0 aliphatic heterocycles. The highest BCUT2D eigenvalue weighted by Crippen LogP contribution is 2.44. The number of thioether (sulfide) groups is 1. The van der Waals surface area contributed by atoms with Gasteiger partial charge in [0, 0.05) is 32.6 Å². The summed E-state index contributed by atoms with van der Waals surface area (Å²) >= 11 is 1.31. The number of hydrogen-bond acceptors (Lipinski definition) is 8. The average Bonchev–Trinajstić information content (AvgIpc) is 3.46. The van der Waals surface area contributed by atoms with Crippen LogP contribution in [0.1, 0.15) is 80.9 Å². The molecule has 0 heterocycles. The third-order valence-corrected chi connectivity index (χ3v) is 12.0. The molecule has 0 saturated carbocycles. The monoisotopic (exact) mass is 771 g/mol. The topological polar surface area (TPSA) is 108 Å². The Morgan fingerprint density at radius 1 is 0.833 bits per heavy atom. The number of ether oxygens (including phenoxy) is 3. The molecule has 0 spiro atoms. The van der Waals surface area contributed by atoms with Crippen molar-refractivity contribution in [1.29, 1.82) is 0 Å². The summed E-state index contributed by atoms with van der Waals surface area (Å²) in [5, 5.41) is 2.93. The van der Waals surface area contributed by atoms with Gasteiger partial charge in [0.2, 0.25) is 0 Å². The van der Waals surface area contributed by atoms with Gasteiger partial charge in [-0.25, -0.2) is 9.59 Å². The van der Waals surface area contributed by atoms with Crippen molar-refractivity contribution in [2.24, 2.45) is 0 Å². The van der Waals surface area contributed by atoms with Gasteiger partial charge in [0.25, 0.3) is 0 Å². The summed E-state index contributed by atoms with van der Waals surface area (Å²) in [5.74, 6) is -0.702. The van der Waals surface area contributed by atoms with Crippen LogP contribution in [0.3, 0.4) is 0 Å². The number of hydrogen-bond donors (Lipinski definition) is 1. The minimum atomic E-state index is -1.42. The lowest BCUT2D eigenvalue weighted by atomic mass is 9.98. The van der Waals surface area contributed by atoms with E-state index < -0.39 is 38.3 Å². The highest BCUT2D eigenvalue weighted by Gasteiger charge is 2.31. The summed E-state index contributed by atoms with van der Waals surface area (Å²) in [6.07, 6.45) is 8.50. The van der Waals surface area contributed by atoms with Crippen LogP contribution >= 0.6 is 11.8 Å². The van der Waals surface area contributed by atoms with Gasteiger partial charge in [-0.05, 0) is 52.8 Å². The number of carbonyl (C=O) groups is 4. The van der Waals surface area contributed by atoms with Crippen LogP contribution in [-0.4, -0.2) is 62.3 Å². The van der Waals surface area contributed by atoms with E-state index in [0.717, 1.165) is 53.1 Å². The summed E-state index contributed by atoms with van der Waals surface area (Å²) in [6.45, 7) is 9.21. The minimum absolute atomic E-state index is 0.0982. The van der Waals surface area contributed by atoms with Gasteiger partial charge in [-0.3, -0.25) is 9.59 Å². The maximum atomic E-state index is 13.8. The molecule has 1 aliphatic carbocycles. The minimum Gasteiger partial charge on any atom is -0.466 e. The number of amides is 1. The molecule has 1 aliphatic rings. The first kappa shape index (κ1) is 42.6. The van der Waals surface area contributed by atoms with Gasteiger partial charge >= 0.3 is 18.0 Å². The van der Waals surface area contributed by atoms with Gasteiger partial charge in [0.05, 0.1) is 13.0 Å². The summed E-state index contributed by atoms with van der Waals surface area (Å²) in [7, 11) is -1.42. The quantitative estimate of drug-likeness (QED) is 0.0354. The van der Waals surface area contributed by atoms with E-state index >= 15 is 0 Å². The third-order valence-electron chi connectivity index (χ3n) is 9.34. The van der Waals surface area contributed by atoms with Crippen molar-refractivity contribution in [2.45, 2.75) is 108 Å². The maximum absolute atomic E-state index is 13.8. The molecule has 0 bridgehead atoms. The van der Waals surface area contributed by atoms with Gasteiger partial charge in [-0.2, -0.15) is 0 Å². The molecule has 3 aromatic rings. The number of allylic oxidation sites excluding steroid dienone is 1. The molecule has 54 heavy (non-hydrogen) atoms. The Morgan fingerprint density at radius 3 is 2.15 bits per heavy atom. The van der Waals surface area contributed by atoms with Crippen molar-refractivity contribution in [3.05, 3.63) is 108 Å². The van der Waals surface area contributed by atoms with Crippen LogP contribution in [0, 0.1) is 0 Å². The molecule has 8 nitrogen and oxygen atoms in total. The van der Waals surface area contributed by atoms with Crippen molar-refractivity contribution < 1.29 is 33.4 Å². The fraction of sp³-hybridized carbons (Fsp3) is 0.455. The molecule has 0 fully saturated rings. The van der Waals surface area contributed by atoms with E-state index in [1.54, 1.807) is 6.08 Å². The summed E-state index contributed by atoms with van der Waals surface area (Å²) < 4.78 is 17.2. The normalized spacial score (nSPS) is 13.5. The molecule has 1 N–H and O–H groups in total. The SMILES string of the molecule is CCCCCCCC(=O)SCC/C=C/[C@H](CC(=O)OCC[Si](C)(C)C)OC(=O)[C@H](Cc1ccccc1)NC(=O)OCC1c2ccccc2-c2ccccc21. The van der Waals surface area contributed by atoms with Gasteiger partial charge in [0.15, 0.2) is 5.12 Å². The number of benzene rings is 3. The molecular weight excluding hydrogens is 715 g/mol. The predicted molar refractivity (Wildman–Crippen MR) is 220 cm³/mol. The third kappa shape index (κ3) is 14.6. The molecule has 10 heteroatoms. The Labute approximate surface area is 326 Å². The van der Waals surface area contributed by atoms with E-state index in [0.29, 0.717) is 25.2 Å². The zero-order valence-electron chi connectivity index (χ0n) is 32.4. The van der Waals surface area contributed by atoms with E-state index in [4.69, 9.17) is 14.2 Å². The van der Waals surface area contributed by atoms with Crippen LogP contribution in [0.2, 0.25) is 25.7 Å². The number of unbranched alkanes of at least 4 members (excludes halogenated alkanes) is 4. The number of alkyl carbamates (subject to hydrolysis) is 1. The molecule has 1 amide bonds. The Kier molecular flexibility index (Phi) is 17.6. The Bertz CT molecular complexity index is 1640. The lowest BCUT2D eigenvalue weighted by Crippen LogP contribution is -2.45. The first-order valence-corrected chi connectivity index (χ1v) is 24.1. The molecule has 0 unspecified atom stereocenters. The molecule has 2 atom stereocenters. The van der Waals surface area contributed by atoms with Crippen LogP contribution in [-0.2, 0) is 35.0 Å².